The van der Waals surface area contributed by atoms with Crippen LogP contribution in [0.15, 0.2) is 22.7 Å². The van der Waals surface area contributed by atoms with Crippen LogP contribution >= 0.6 is 15.9 Å². The van der Waals surface area contributed by atoms with Gasteiger partial charge in [-0.05, 0) is 34.1 Å². The molecule has 1 aromatic rings. The first-order valence-corrected chi connectivity index (χ1v) is 6.34. The van der Waals surface area contributed by atoms with Crippen molar-refractivity contribution in [3.8, 4) is 5.75 Å². The largest absolute Gasteiger partial charge is 0.490 e. The summed E-state index contributed by atoms with van der Waals surface area (Å²) in [6, 6.07) is 5.49. The van der Waals surface area contributed by atoms with Crippen LogP contribution in [0.2, 0.25) is 0 Å². The van der Waals surface area contributed by atoms with Crippen LogP contribution in [0.25, 0.3) is 0 Å². The van der Waals surface area contributed by atoms with E-state index in [2.05, 4.69) is 15.9 Å². The van der Waals surface area contributed by atoms with Gasteiger partial charge in [0.25, 0.3) is 0 Å². The highest BCUT2D eigenvalue weighted by Crippen LogP contribution is 2.25. The number of hydrogen-bond donors (Lipinski definition) is 2. The highest BCUT2D eigenvalue weighted by Gasteiger charge is 2.15. The van der Waals surface area contributed by atoms with Crippen molar-refractivity contribution in [3.05, 3.63) is 28.2 Å². The van der Waals surface area contributed by atoms with Gasteiger partial charge in [-0.15, -0.1) is 0 Å². The van der Waals surface area contributed by atoms with Crippen molar-refractivity contribution in [3.63, 3.8) is 0 Å². The van der Waals surface area contributed by atoms with E-state index in [1.165, 1.54) is 0 Å². The molecule has 0 aliphatic carbocycles. The molecule has 2 rings (SSSR count). The Morgan fingerprint density at radius 2 is 2.12 bits per heavy atom. The molecule has 4 nitrogen and oxygen atoms in total. The van der Waals surface area contributed by atoms with Crippen molar-refractivity contribution in [2.45, 2.75) is 18.9 Å². The number of nitrogen functional groups attached to an aromatic ring is 1. The van der Waals surface area contributed by atoms with E-state index in [4.69, 9.17) is 20.6 Å². The van der Waals surface area contributed by atoms with E-state index in [1.807, 2.05) is 12.1 Å². The Morgan fingerprint density at radius 1 is 1.41 bits per heavy atom. The number of ether oxygens (including phenoxy) is 2. The van der Waals surface area contributed by atoms with Crippen molar-refractivity contribution >= 4 is 21.8 Å². The summed E-state index contributed by atoms with van der Waals surface area (Å²) >= 11 is 3.39. The zero-order valence-electron chi connectivity index (χ0n) is 9.41. The van der Waals surface area contributed by atoms with Crippen LogP contribution in [0, 0.1) is 5.41 Å². The van der Waals surface area contributed by atoms with Gasteiger partial charge in [0.1, 0.15) is 17.7 Å². The molecule has 0 amide bonds. The molecule has 1 heterocycles. The lowest BCUT2D eigenvalue weighted by Crippen LogP contribution is -2.25. The van der Waals surface area contributed by atoms with Crippen molar-refractivity contribution in [1.29, 1.82) is 5.41 Å². The van der Waals surface area contributed by atoms with Gasteiger partial charge in [0.15, 0.2) is 0 Å². The van der Waals surface area contributed by atoms with Gasteiger partial charge in [-0.2, -0.15) is 0 Å². The number of halogens is 1. The van der Waals surface area contributed by atoms with Gasteiger partial charge in [-0.1, -0.05) is 0 Å². The van der Waals surface area contributed by atoms with Crippen molar-refractivity contribution in [1.82, 2.24) is 0 Å². The fraction of sp³-hybridized carbons (Fsp3) is 0.417. The first kappa shape index (κ1) is 12.4. The molecule has 0 saturated carbocycles. The van der Waals surface area contributed by atoms with Crippen molar-refractivity contribution in [2.24, 2.45) is 5.73 Å². The quantitative estimate of drug-likeness (QED) is 0.664. The molecule has 0 bridgehead atoms. The second-order valence-corrected chi connectivity index (χ2v) is 4.84. The smallest absolute Gasteiger partial charge is 0.123 e. The summed E-state index contributed by atoms with van der Waals surface area (Å²) < 4.78 is 11.9. The summed E-state index contributed by atoms with van der Waals surface area (Å²) in [5.74, 6) is 0.850. The van der Waals surface area contributed by atoms with E-state index >= 15 is 0 Å². The van der Waals surface area contributed by atoms with Crippen LogP contribution in [0.1, 0.15) is 18.4 Å². The van der Waals surface area contributed by atoms with E-state index in [0.717, 1.165) is 36.3 Å². The molecule has 0 aromatic heterocycles. The molecular weight excluding hydrogens is 284 g/mol. The molecule has 1 aliphatic rings. The van der Waals surface area contributed by atoms with E-state index < -0.39 is 0 Å². The number of nitrogens with two attached hydrogens (primary N) is 1. The van der Waals surface area contributed by atoms with E-state index in [-0.39, 0.29) is 11.9 Å². The molecule has 92 valence electrons. The van der Waals surface area contributed by atoms with Gasteiger partial charge < -0.3 is 15.2 Å². The first-order valence-electron chi connectivity index (χ1n) is 5.55. The Balaban J connectivity index is 2.06. The molecule has 5 heteroatoms. The standard InChI is InChI=1S/C12H15BrN2O2/c13-11-7-9(1-2-10(11)12(14)15)17-8-3-5-16-6-4-8/h1-2,7-8H,3-6H2,(H3,14,15). The number of nitrogens with one attached hydrogen (secondary N) is 1. The molecule has 3 N–H and O–H groups in total. The van der Waals surface area contributed by atoms with E-state index in [9.17, 15) is 0 Å². The summed E-state index contributed by atoms with van der Waals surface area (Å²) in [6.45, 7) is 1.52. The van der Waals surface area contributed by atoms with Gasteiger partial charge >= 0.3 is 0 Å². The third-order valence-corrected chi connectivity index (χ3v) is 3.36. The van der Waals surface area contributed by atoms with Gasteiger partial charge in [0.2, 0.25) is 0 Å². The van der Waals surface area contributed by atoms with E-state index in [0.29, 0.717) is 5.56 Å². The molecule has 1 saturated heterocycles. The fourth-order valence-electron chi connectivity index (χ4n) is 1.77. The number of hydrogen-bond acceptors (Lipinski definition) is 3. The average molecular weight is 299 g/mol. The summed E-state index contributed by atoms with van der Waals surface area (Å²) in [7, 11) is 0. The predicted molar refractivity (Wildman–Crippen MR) is 69.6 cm³/mol. The van der Waals surface area contributed by atoms with Crippen LogP contribution < -0.4 is 10.5 Å². The second kappa shape index (κ2) is 5.51. The highest BCUT2D eigenvalue weighted by atomic mass is 79.9. The normalized spacial score (nSPS) is 16.8. The molecule has 0 unspecified atom stereocenters. The monoisotopic (exact) mass is 298 g/mol. The Kier molecular flexibility index (Phi) is 4.02. The average Bonchev–Trinajstić information content (AvgIpc) is 2.30. The molecule has 0 atom stereocenters. The van der Waals surface area contributed by atoms with Crippen LogP contribution in [0.4, 0.5) is 0 Å². The maximum Gasteiger partial charge on any atom is 0.123 e. The number of amidine groups is 1. The predicted octanol–water partition coefficient (Wildman–Crippen LogP) is 2.29. The molecular formula is C12H15BrN2O2. The third-order valence-electron chi connectivity index (χ3n) is 2.70. The van der Waals surface area contributed by atoms with Gasteiger partial charge in [0, 0.05) is 22.9 Å². The lowest BCUT2D eigenvalue weighted by molar-refractivity contribution is 0.0255. The number of rotatable bonds is 3. The Bertz CT molecular complexity index is 417. The van der Waals surface area contributed by atoms with Crippen LogP contribution in [0.5, 0.6) is 5.75 Å². The lowest BCUT2D eigenvalue weighted by Gasteiger charge is -2.23. The van der Waals surface area contributed by atoms with Crippen LogP contribution in [-0.4, -0.2) is 25.2 Å². The van der Waals surface area contributed by atoms with Crippen molar-refractivity contribution < 1.29 is 9.47 Å². The molecule has 17 heavy (non-hydrogen) atoms. The zero-order chi connectivity index (χ0) is 12.3. The third kappa shape index (κ3) is 3.20. The topological polar surface area (TPSA) is 68.3 Å². The minimum atomic E-state index is 0.0505. The van der Waals surface area contributed by atoms with Crippen LogP contribution in [0.3, 0.4) is 0 Å². The minimum absolute atomic E-state index is 0.0505. The molecule has 1 aliphatic heterocycles. The Labute approximate surface area is 109 Å². The Hall–Kier alpha value is -1.07. The van der Waals surface area contributed by atoms with Crippen molar-refractivity contribution in [2.75, 3.05) is 13.2 Å². The lowest BCUT2D eigenvalue weighted by atomic mass is 10.1. The summed E-state index contributed by atoms with van der Waals surface area (Å²) in [5.41, 5.74) is 6.13. The summed E-state index contributed by atoms with van der Waals surface area (Å²) in [4.78, 5) is 0. The number of benzene rings is 1. The molecule has 1 aromatic carbocycles. The van der Waals surface area contributed by atoms with Gasteiger partial charge in [-0.3, -0.25) is 5.41 Å². The fourth-order valence-corrected chi connectivity index (χ4v) is 2.35. The minimum Gasteiger partial charge on any atom is -0.490 e. The van der Waals surface area contributed by atoms with Gasteiger partial charge in [-0.25, -0.2) is 0 Å². The maximum atomic E-state index is 7.39. The summed E-state index contributed by atoms with van der Waals surface area (Å²) in [6.07, 6.45) is 2.07. The van der Waals surface area contributed by atoms with E-state index in [1.54, 1.807) is 6.07 Å². The highest BCUT2D eigenvalue weighted by molar-refractivity contribution is 9.10. The summed E-state index contributed by atoms with van der Waals surface area (Å²) in [5, 5.41) is 7.39. The SMILES string of the molecule is N=C(N)c1ccc(OC2CCOCC2)cc1Br. The molecule has 0 spiro atoms. The Morgan fingerprint density at radius 3 is 2.71 bits per heavy atom. The van der Waals surface area contributed by atoms with Crippen LogP contribution in [-0.2, 0) is 4.74 Å². The first-order chi connectivity index (χ1) is 8.16. The second-order valence-electron chi connectivity index (χ2n) is 3.98. The molecule has 0 radical (unpaired) electrons. The maximum absolute atomic E-state index is 7.39. The van der Waals surface area contributed by atoms with Gasteiger partial charge in [0.05, 0.1) is 13.2 Å². The zero-order valence-corrected chi connectivity index (χ0v) is 11.0. The molecule has 1 fully saturated rings.